The summed E-state index contributed by atoms with van der Waals surface area (Å²) in [7, 11) is 0. The van der Waals surface area contributed by atoms with Gasteiger partial charge in [-0.2, -0.15) is 0 Å². The van der Waals surface area contributed by atoms with E-state index < -0.39 is 0 Å². The Morgan fingerprint density at radius 3 is 2.56 bits per heavy atom. The fraction of sp³-hybridized carbons (Fsp3) is 0.133. The molecule has 0 aliphatic heterocycles. The molecule has 0 spiro atoms. The molecule has 0 atom stereocenters. The van der Waals surface area contributed by atoms with Crippen molar-refractivity contribution in [3.8, 4) is 11.1 Å². The van der Waals surface area contributed by atoms with E-state index in [2.05, 4.69) is 41.2 Å². The van der Waals surface area contributed by atoms with Crippen molar-refractivity contribution in [1.82, 2.24) is 0 Å². The Kier molecular flexibility index (Phi) is 5.34. The SMILES string of the molecule is OCCO/[As]=C\c1cccc(-c2ccccc2)c1. The van der Waals surface area contributed by atoms with E-state index in [1.165, 1.54) is 16.7 Å². The van der Waals surface area contributed by atoms with Crippen LogP contribution in [0.3, 0.4) is 0 Å². The van der Waals surface area contributed by atoms with Crippen LogP contribution in [0.2, 0.25) is 0 Å². The van der Waals surface area contributed by atoms with E-state index in [4.69, 9.17) is 8.83 Å². The Bertz CT molecular complexity index is 509. The van der Waals surface area contributed by atoms with Gasteiger partial charge in [0.1, 0.15) is 0 Å². The number of benzene rings is 2. The molecular weight excluding hydrogens is 287 g/mol. The fourth-order valence-corrected chi connectivity index (χ4v) is 2.76. The summed E-state index contributed by atoms with van der Waals surface area (Å²) in [6.07, 6.45) is 0. The molecule has 0 aromatic heterocycles. The monoisotopic (exact) mass is 302 g/mol. The Morgan fingerprint density at radius 1 is 1.00 bits per heavy atom. The Hall–Kier alpha value is -1.21. The van der Waals surface area contributed by atoms with Gasteiger partial charge in [-0.05, 0) is 0 Å². The third-order valence-corrected chi connectivity index (χ3v) is 4.00. The van der Waals surface area contributed by atoms with Gasteiger partial charge in [-0.25, -0.2) is 0 Å². The van der Waals surface area contributed by atoms with Crippen LogP contribution in [0.15, 0.2) is 54.6 Å². The van der Waals surface area contributed by atoms with Crippen molar-refractivity contribution in [1.29, 1.82) is 0 Å². The minimum atomic E-state index is -0.287. The van der Waals surface area contributed by atoms with Crippen LogP contribution in [0.5, 0.6) is 0 Å². The van der Waals surface area contributed by atoms with Crippen LogP contribution < -0.4 is 0 Å². The predicted molar refractivity (Wildman–Crippen MR) is 75.8 cm³/mol. The zero-order valence-electron chi connectivity index (χ0n) is 9.99. The quantitative estimate of drug-likeness (QED) is 0.677. The summed E-state index contributed by atoms with van der Waals surface area (Å²) in [4.78, 5) is 2.11. The Balaban J connectivity index is 2.13. The van der Waals surface area contributed by atoms with Gasteiger partial charge in [0, 0.05) is 0 Å². The van der Waals surface area contributed by atoms with Gasteiger partial charge in [0.2, 0.25) is 0 Å². The summed E-state index contributed by atoms with van der Waals surface area (Å²) in [5, 5.41) is 8.63. The summed E-state index contributed by atoms with van der Waals surface area (Å²) < 4.78 is 5.32. The molecule has 92 valence electrons. The molecule has 0 saturated heterocycles. The summed E-state index contributed by atoms with van der Waals surface area (Å²) in [5.74, 6) is 0. The van der Waals surface area contributed by atoms with Crippen molar-refractivity contribution in [2.45, 2.75) is 0 Å². The molecule has 0 amide bonds. The van der Waals surface area contributed by atoms with Crippen molar-refractivity contribution in [3.63, 3.8) is 0 Å². The molecule has 2 nitrogen and oxygen atoms in total. The molecule has 0 radical (unpaired) electrons. The van der Waals surface area contributed by atoms with Crippen LogP contribution >= 0.6 is 0 Å². The summed E-state index contributed by atoms with van der Waals surface area (Å²) in [6.45, 7) is 0.516. The van der Waals surface area contributed by atoms with Crippen LogP contribution in [0.25, 0.3) is 11.1 Å². The van der Waals surface area contributed by atoms with Gasteiger partial charge in [-0.3, -0.25) is 0 Å². The van der Waals surface area contributed by atoms with E-state index in [-0.39, 0.29) is 22.3 Å². The van der Waals surface area contributed by atoms with Gasteiger partial charge in [-0.1, -0.05) is 0 Å². The number of hydrogen-bond donors (Lipinski definition) is 1. The first kappa shape index (κ1) is 13.2. The molecule has 1 N–H and O–H groups in total. The second kappa shape index (κ2) is 7.27. The van der Waals surface area contributed by atoms with Gasteiger partial charge in [0.15, 0.2) is 0 Å². The van der Waals surface area contributed by atoms with Gasteiger partial charge in [0.05, 0.1) is 0 Å². The number of aliphatic hydroxyl groups is 1. The van der Waals surface area contributed by atoms with Crippen LogP contribution in [-0.2, 0) is 3.73 Å². The van der Waals surface area contributed by atoms with Crippen molar-refractivity contribution in [2.24, 2.45) is 0 Å². The second-order valence-corrected chi connectivity index (χ2v) is 5.31. The molecule has 0 unspecified atom stereocenters. The van der Waals surface area contributed by atoms with E-state index in [9.17, 15) is 0 Å². The normalized spacial score (nSPS) is 10.9. The van der Waals surface area contributed by atoms with Crippen LogP contribution in [0, 0.1) is 0 Å². The standard InChI is InChI=1S/C15H15AsO2/c17-9-10-18-16-12-13-5-4-8-15(11-13)14-6-2-1-3-7-14/h1-8,11-12,17H,9-10H2. The van der Waals surface area contributed by atoms with Crippen molar-refractivity contribution < 1.29 is 8.83 Å². The molecule has 0 saturated carbocycles. The van der Waals surface area contributed by atoms with Crippen molar-refractivity contribution >= 4 is 20.5 Å². The predicted octanol–water partition coefficient (Wildman–Crippen LogP) is 2.13. The third kappa shape index (κ3) is 3.92. The van der Waals surface area contributed by atoms with Crippen molar-refractivity contribution in [2.75, 3.05) is 13.2 Å². The molecule has 2 rings (SSSR count). The van der Waals surface area contributed by atoms with Gasteiger partial charge < -0.3 is 0 Å². The van der Waals surface area contributed by atoms with E-state index in [1.807, 2.05) is 18.2 Å². The Morgan fingerprint density at radius 2 is 1.78 bits per heavy atom. The zero-order chi connectivity index (χ0) is 12.6. The van der Waals surface area contributed by atoms with E-state index >= 15 is 0 Å². The molecule has 3 heteroatoms. The zero-order valence-corrected chi connectivity index (χ0v) is 11.9. The summed E-state index contributed by atoms with van der Waals surface area (Å²) in [6, 6.07) is 18.7. The topological polar surface area (TPSA) is 29.5 Å². The average molecular weight is 302 g/mol. The maximum absolute atomic E-state index is 8.63. The molecule has 0 aliphatic rings. The number of rotatable bonds is 5. The second-order valence-electron chi connectivity index (χ2n) is 3.78. The first-order valence-corrected chi connectivity index (χ1v) is 7.67. The maximum atomic E-state index is 8.63. The molecule has 0 fully saturated rings. The molecule has 2 aromatic rings. The first-order chi connectivity index (χ1) is 8.90. The molecule has 0 heterocycles. The van der Waals surface area contributed by atoms with Crippen LogP contribution in [-0.4, -0.2) is 38.8 Å². The summed E-state index contributed by atoms with van der Waals surface area (Å²) in [5.41, 5.74) is 3.61. The van der Waals surface area contributed by atoms with Gasteiger partial charge in [0.25, 0.3) is 0 Å². The van der Waals surface area contributed by atoms with Crippen molar-refractivity contribution in [3.05, 3.63) is 60.2 Å². The molecule has 18 heavy (non-hydrogen) atoms. The van der Waals surface area contributed by atoms with Gasteiger partial charge in [-0.15, -0.1) is 0 Å². The number of hydrogen-bond acceptors (Lipinski definition) is 2. The van der Waals surface area contributed by atoms with E-state index in [1.54, 1.807) is 0 Å². The third-order valence-electron chi connectivity index (χ3n) is 2.45. The first-order valence-electron chi connectivity index (χ1n) is 5.82. The fourth-order valence-electron chi connectivity index (χ4n) is 1.62. The summed E-state index contributed by atoms with van der Waals surface area (Å²) >= 11 is -0.287. The molecule has 0 bridgehead atoms. The molecular formula is C15H15AsO2. The van der Waals surface area contributed by atoms with Gasteiger partial charge >= 0.3 is 114 Å². The minimum absolute atomic E-state index is 0.0908. The van der Waals surface area contributed by atoms with Crippen LogP contribution in [0.4, 0.5) is 0 Å². The van der Waals surface area contributed by atoms with E-state index in [0.717, 1.165) is 0 Å². The number of aliphatic hydroxyl groups excluding tert-OH is 1. The molecule has 2 aromatic carbocycles. The van der Waals surface area contributed by atoms with E-state index in [0.29, 0.717) is 6.61 Å². The molecule has 0 aliphatic carbocycles. The average Bonchev–Trinajstić information content (AvgIpc) is 2.45. The Labute approximate surface area is 114 Å². The van der Waals surface area contributed by atoms with Crippen LogP contribution in [0.1, 0.15) is 5.56 Å².